The Morgan fingerprint density at radius 2 is 1.46 bits per heavy atom. The predicted molar refractivity (Wildman–Crippen MR) is 156 cm³/mol. The van der Waals surface area contributed by atoms with E-state index in [-0.39, 0.29) is 12.3 Å². The molecule has 7 N–H and O–H groups in total. The third kappa shape index (κ3) is 13.6. The second kappa shape index (κ2) is 20.8. The van der Waals surface area contributed by atoms with Crippen LogP contribution < -0.4 is 10.6 Å². The summed E-state index contributed by atoms with van der Waals surface area (Å²) in [5.41, 5.74) is 0.624. The van der Waals surface area contributed by atoms with Crippen LogP contribution in [0.2, 0.25) is 0 Å². The van der Waals surface area contributed by atoms with Gasteiger partial charge in [-0.3, -0.25) is 9.59 Å². The van der Waals surface area contributed by atoms with Gasteiger partial charge in [0.25, 0.3) is 0 Å². The molecule has 1 aromatic rings. The van der Waals surface area contributed by atoms with Crippen LogP contribution in [0.3, 0.4) is 0 Å². The summed E-state index contributed by atoms with van der Waals surface area (Å²) in [6.45, 7) is 1.65. The van der Waals surface area contributed by atoms with Crippen LogP contribution in [0.5, 0.6) is 0 Å². The Labute approximate surface area is 244 Å². The van der Waals surface area contributed by atoms with Crippen LogP contribution in [0.25, 0.3) is 0 Å². The summed E-state index contributed by atoms with van der Waals surface area (Å²) in [5.74, 6) is -0.911. The quantitative estimate of drug-likeness (QED) is 0.102. The maximum absolute atomic E-state index is 13.1. The highest BCUT2D eigenvalue weighted by atomic mass is 16.6. The molecule has 2 heterocycles. The molecule has 0 radical (unpaired) electrons. The second-order valence-corrected chi connectivity index (χ2v) is 11.4. The van der Waals surface area contributed by atoms with E-state index < -0.39 is 49.2 Å². The third-order valence-corrected chi connectivity index (χ3v) is 7.85. The highest BCUT2D eigenvalue weighted by Crippen LogP contribution is 2.20. The Kier molecular flexibility index (Phi) is 17.8. The lowest BCUT2D eigenvalue weighted by molar-refractivity contribution is -0.254. The van der Waals surface area contributed by atoms with E-state index in [1.165, 1.54) is 83.4 Å². The monoisotopic (exact) mass is 582 g/mol. The molecule has 2 rings (SSSR count). The first-order valence-corrected chi connectivity index (χ1v) is 15.7. The van der Waals surface area contributed by atoms with Crippen LogP contribution in [0.15, 0.2) is 12.5 Å². The molecule has 11 heteroatoms. The molecule has 236 valence electrons. The Morgan fingerprint density at radius 1 is 0.902 bits per heavy atom. The van der Waals surface area contributed by atoms with Crippen molar-refractivity contribution in [2.75, 3.05) is 6.61 Å². The SMILES string of the molecule is CCCCCCCCCCCCCCCCCC(=O)N[C@@H](Cc1cnc[nH]1)C(=O)N[C@@H]1[C@@H](O)[C@H](O)[C@@H](CO)O[C@H]1O. The zero-order valence-corrected chi connectivity index (χ0v) is 24.8. The van der Waals surface area contributed by atoms with E-state index in [0.717, 1.165) is 19.3 Å². The standard InChI is InChI=1S/C30H54N4O7/c1-2-3-4-5-6-7-8-9-10-11-12-13-14-15-16-17-25(36)33-23(18-22-19-31-21-32-22)29(39)34-26-28(38)27(37)24(20-35)41-30(26)40/h19,21,23-24,26-28,30,35,37-38,40H,2-18,20H2,1H3,(H,31,32)(H,33,36)(H,34,39)/t23-,24+,26+,27+,28+,30+/m0/s1. The fourth-order valence-corrected chi connectivity index (χ4v) is 5.27. The Bertz CT molecular complexity index is 826. The number of aromatic nitrogens is 2. The average molecular weight is 583 g/mol. The highest BCUT2D eigenvalue weighted by Gasteiger charge is 2.44. The van der Waals surface area contributed by atoms with E-state index in [0.29, 0.717) is 12.1 Å². The normalized spacial score (nSPS) is 23.3. The molecule has 1 fully saturated rings. The van der Waals surface area contributed by atoms with Crippen molar-refractivity contribution >= 4 is 11.8 Å². The number of aliphatic hydroxyl groups excluding tert-OH is 4. The zero-order chi connectivity index (χ0) is 29.9. The van der Waals surface area contributed by atoms with E-state index >= 15 is 0 Å². The number of aliphatic hydroxyl groups is 4. The molecule has 6 atom stereocenters. The molecular weight excluding hydrogens is 528 g/mol. The van der Waals surface area contributed by atoms with Crippen molar-refractivity contribution in [1.82, 2.24) is 20.6 Å². The molecule has 0 unspecified atom stereocenters. The summed E-state index contributed by atoms with van der Waals surface area (Å²) in [6.07, 6.45) is 16.1. The number of hydrogen-bond donors (Lipinski definition) is 7. The third-order valence-electron chi connectivity index (χ3n) is 7.85. The molecule has 0 saturated carbocycles. The molecule has 1 saturated heterocycles. The molecule has 1 aromatic heterocycles. The van der Waals surface area contributed by atoms with Gasteiger partial charge < -0.3 is 40.8 Å². The van der Waals surface area contributed by atoms with Gasteiger partial charge in [0.15, 0.2) is 6.29 Å². The number of ether oxygens (including phenoxy) is 1. The second-order valence-electron chi connectivity index (χ2n) is 11.4. The summed E-state index contributed by atoms with van der Waals surface area (Å²) in [6, 6.07) is -2.33. The number of unbranched alkanes of at least 4 members (excludes halogenated alkanes) is 14. The van der Waals surface area contributed by atoms with Gasteiger partial charge in [-0.05, 0) is 6.42 Å². The van der Waals surface area contributed by atoms with Gasteiger partial charge in [-0.2, -0.15) is 0 Å². The number of amides is 2. The Hall–Kier alpha value is -2.05. The summed E-state index contributed by atoms with van der Waals surface area (Å²) in [7, 11) is 0. The van der Waals surface area contributed by atoms with Gasteiger partial charge in [0, 0.05) is 24.7 Å². The van der Waals surface area contributed by atoms with Crippen molar-refractivity contribution in [1.29, 1.82) is 0 Å². The minimum atomic E-state index is -1.64. The van der Waals surface area contributed by atoms with E-state index in [1.54, 1.807) is 6.20 Å². The topological polar surface area (TPSA) is 177 Å². The number of hydrogen-bond acceptors (Lipinski definition) is 8. The summed E-state index contributed by atoms with van der Waals surface area (Å²) < 4.78 is 5.11. The van der Waals surface area contributed by atoms with Crippen molar-refractivity contribution in [2.45, 2.75) is 153 Å². The maximum Gasteiger partial charge on any atom is 0.243 e. The van der Waals surface area contributed by atoms with Gasteiger partial charge in [-0.1, -0.05) is 96.8 Å². The van der Waals surface area contributed by atoms with Crippen LogP contribution >= 0.6 is 0 Å². The molecule has 1 aliphatic heterocycles. The molecule has 41 heavy (non-hydrogen) atoms. The van der Waals surface area contributed by atoms with Crippen LogP contribution in [0.4, 0.5) is 0 Å². The maximum atomic E-state index is 13.1. The summed E-state index contributed by atoms with van der Waals surface area (Å²) in [5, 5.41) is 45.2. The number of rotatable bonds is 22. The van der Waals surface area contributed by atoms with E-state index in [2.05, 4.69) is 27.5 Å². The molecule has 0 aromatic carbocycles. The van der Waals surface area contributed by atoms with Gasteiger partial charge >= 0.3 is 0 Å². The largest absolute Gasteiger partial charge is 0.394 e. The number of imidazole rings is 1. The lowest BCUT2D eigenvalue weighted by Crippen LogP contribution is -2.65. The van der Waals surface area contributed by atoms with Gasteiger partial charge in [-0.25, -0.2) is 4.98 Å². The first-order chi connectivity index (χ1) is 19.9. The van der Waals surface area contributed by atoms with Crippen molar-refractivity contribution in [3.63, 3.8) is 0 Å². The lowest BCUT2D eigenvalue weighted by atomic mass is 9.96. The summed E-state index contributed by atoms with van der Waals surface area (Å²) in [4.78, 5) is 32.6. The van der Waals surface area contributed by atoms with Crippen molar-refractivity contribution < 1.29 is 34.8 Å². The van der Waals surface area contributed by atoms with Gasteiger partial charge in [-0.15, -0.1) is 0 Å². The van der Waals surface area contributed by atoms with Crippen LogP contribution in [0.1, 0.15) is 115 Å². The number of carbonyl (C=O) groups excluding carboxylic acids is 2. The first-order valence-electron chi connectivity index (χ1n) is 15.7. The molecule has 0 aliphatic carbocycles. The molecule has 1 aliphatic rings. The number of carbonyl (C=O) groups is 2. The fraction of sp³-hybridized carbons (Fsp3) is 0.833. The molecule has 2 amide bonds. The van der Waals surface area contributed by atoms with E-state index in [4.69, 9.17) is 4.74 Å². The smallest absolute Gasteiger partial charge is 0.243 e. The predicted octanol–water partition coefficient (Wildman–Crippen LogP) is 2.61. The number of nitrogens with one attached hydrogen (secondary N) is 3. The molecule has 0 spiro atoms. The molecule has 0 bridgehead atoms. The highest BCUT2D eigenvalue weighted by molar-refractivity contribution is 5.88. The average Bonchev–Trinajstić information content (AvgIpc) is 3.48. The van der Waals surface area contributed by atoms with E-state index in [9.17, 15) is 30.0 Å². The Morgan fingerprint density at radius 3 is 1.98 bits per heavy atom. The number of aromatic amines is 1. The first kappa shape index (κ1) is 35.1. The minimum absolute atomic E-state index is 0.123. The van der Waals surface area contributed by atoms with E-state index in [1.807, 2.05) is 0 Å². The number of nitrogens with zero attached hydrogens (tertiary/aromatic N) is 1. The van der Waals surface area contributed by atoms with Crippen molar-refractivity contribution in [3.8, 4) is 0 Å². The minimum Gasteiger partial charge on any atom is -0.394 e. The molecular formula is C30H54N4O7. The fourth-order valence-electron chi connectivity index (χ4n) is 5.27. The van der Waals surface area contributed by atoms with Gasteiger partial charge in [0.05, 0.1) is 12.9 Å². The van der Waals surface area contributed by atoms with Crippen molar-refractivity contribution in [2.24, 2.45) is 0 Å². The van der Waals surface area contributed by atoms with Gasteiger partial charge in [0.2, 0.25) is 11.8 Å². The van der Waals surface area contributed by atoms with Crippen LogP contribution in [-0.2, 0) is 20.7 Å². The Balaban J connectivity index is 1.65. The molecule has 11 nitrogen and oxygen atoms in total. The zero-order valence-electron chi connectivity index (χ0n) is 24.8. The van der Waals surface area contributed by atoms with Gasteiger partial charge in [0.1, 0.15) is 30.4 Å². The van der Waals surface area contributed by atoms with Crippen LogP contribution in [0, 0.1) is 0 Å². The van der Waals surface area contributed by atoms with Crippen molar-refractivity contribution in [3.05, 3.63) is 18.2 Å². The van der Waals surface area contributed by atoms with Crippen LogP contribution in [-0.4, -0.2) is 85.5 Å². The summed E-state index contributed by atoms with van der Waals surface area (Å²) >= 11 is 0. The number of H-pyrrole nitrogens is 1. The lowest BCUT2D eigenvalue weighted by Gasteiger charge is -2.40.